The molecule has 0 aliphatic heterocycles. The Kier molecular flexibility index (Phi) is 4.94. The van der Waals surface area contributed by atoms with Crippen molar-refractivity contribution in [3.05, 3.63) is 60.0 Å². The second-order valence-corrected chi connectivity index (χ2v) is 5.10. The number of nitrogens with one attached hydrogen (secondary N) is 1. The SMILES string of the molecule is COc1cccc(C(=O)NCc2nc(-c3ccccc3)no2)c1OC. The molecule has 0 saturated heterocycles. The van der Waals surface area contributed by atoms with E-state index in [0.717, 1.165) is 5.56 Å². The summed E-state index contributed by atoms with van der Waals surface area (Å²) in [6.45, 7) is 0.110. The van der Waals surface area contributed by atoms with Gasteiger partial charge in [0.15, 0.2) is 11.5 Å². The highest BCUT2D eigenvalue weighted by molar-refractivity contribution is 5.97. The maximum Gasteiger partial charge on any atom is 0.255 e. The first-order chi connectivity index (χ1) is 12.2. The molecule has 3 aromatic rings. The summed E-state index contributed by atoms with van der Waals surface area (Å²) >= 11 is 0. The molecule has 0 aliphatic rings. The molecular formula is C18H17N3O4. The fraction of sp³-hybridized carbons (Fsp3) is 0.167. The van der Waals surface area contributed by atoms with Crippen molar-refractivity contribution in [2.75, 3.05) is 14.2 Å². The van der Waals surface area contributed by atoms with Gasteiger partial charge in [-0.05, 0) is 12.1 Å². The van der Waals surface area contributed by atoms with Gasteiger partial charge in [-0.15, -0.1) is 0 Å². The molecule has 25 heavy (non-hydrogen) atoms. The maximum absolute atomic E-state index is 12.4. The van der Waals surface area contributed by atoms with Gasteiger partial charge in [0.2, 0.25) is 11.7 Å². The van der Waals surface area contributed by atoms with Crippen molar-refractivity contribution in [1.82, 2.24) is 15.5 Å². The van der Waals surface area contributed by atoms with Crippen LogP contribution in [0.3, 0.4) is 0 Å². The highest BCUT2D eigenvalue weighted by Crippen LogP contribution is 2.30. The van der Waals surface area contributed by atoms with Gasteiger partial charge in [-0.2, -0.15) is 4.98 Å². The van der Waals surface area contributed by atoms with Crippen molar-refractivity contribution >= 4 is 5.91 Å². The van der Waals surface area contributed by atoms with E-state index in [0.29, 0.717) is 28.8 Å². The van der Waals surface area contributed by atoms with E-state index in [1.54, 1.807) is 18.2 Å². The number of nitrogens with zero attached hydrogens (tertiary/aromatic N) is 2. The zero-order valence-corrected chi connectivity index (χ0v) is 13.9. The fourth-order valence-corrected chi connectivity index (χ4v) is 2.35. The van der Waals surface area contributed by atoms with E-state index >= 15 is 0 Å². The van der Waals surface area contributed by atoms with Crippen LogP contribution in [-0.4, -0.2) is 30.3 Å². The molecule has 7 heteroatoms. The quantitative estimate of drug-likeness (QED) is 0.743. The molecule has 128 valence electrons. The normalized spacial score (nSPS) is 10.3. The number of carbonyl (C=O) groups excluding carboxylic acids is 1. The van der Waals surface area contributed by atoms with Crippen LogP contribution in [0, 0.1) is 0 Å². The number of hydrogen-bond acceptors (Lipinski definition) is 6. The summed E-state index contributed by atoms with van der Waals surface area (Å²) in [5.41, 5.74) is 1.21. The third-order valence-corrected chi connectivity index (χ3v) is 3.55. The Hall–Kier alpha value is -3.35. The van der Waals surface area contributed by atoms with Crippen molar-refractivity contribution in [3.8, 4) is 22.9 Å². The predicted molar refractivity (Wildman–Crippen MR) is 90.5 cm³/mol. The number of amides is 1. The van der Waals surface area contributed by atoms with Crippen molar-refractivity contribution < 1.29 is 18.8 Å². The summed E-state index contributed by atoms with van der Waals surface area (Å²) < 4.78 is 15.6. The first-order valence-electron chi connectivity index (χ1n) is 7.60. The maximum atomic E-state index is 12.4. The summed E-state index contributed by atoms with van der Waals surface area (Å²) in [6.07, 6.45) is 0. The Labute approximate surface area is 144 Å². The molecule has 0 fully saturated rings. The fourth-order valence-electron chi connectivity index (χ4n) is 2.35. The number of ether oxygens (including phenoxy) is 2. The molecule has 0 bridgehead atoms. The Morgan fingerprint density at radius 3 is 2.60 bits per heavy atom. The lowest BCUT2D eigenvalue weighted by Crippen LogP contribution is -2.23. The minimum Gasteiger partial charge on any atom is -0.493 e. The monoisotopic (exact) mass is 339 g/mol. The third kappa shape index (κ3) is 3.60. The molecule has 3 rings (SSSR count). The van der Waals surface area contributed by atoms with Gasteiger partial charge in [0, 0.05) is 5.56 Å². The highest BCUT2D eigenvalue weighted by Gasteiger charge is 2.17. The van der Waals surface area contributed by atoms with Gasteiger partial charge in [0.05, 0.1) is 26.3 Å². The van der Waals surface area contributed by atoms with Gasteiger partial charge in [0.25, 0.3) is 5.91 Å². The minimum absolute atomic E-state index is 0.110. The van der Waals surface area contributed by atoms with E-state index in [9.17, 15) is 4.79 Å². The summed E-state index contributed by atoms with van der Waals surface area (Å²) in [4.78, 5) is 16.7. The lowest BCUT2D eigenvalue weighted by Gasteiger charge is -2.11. The summed E-state index contributed by atoms with van der Waals surface area (Å²) in [7, 11) is 3.00. The van der Waals surface area contributed by atoms with Crippen LogP contribution >= 0.6 is 0 Å². The predicted octanol–water partition coefficient (Wildman–Crippen LogP) is 2.68. The molecule has 0 spiro atoms. The molecule has 1 amide bonds. The number of para-hydroxylation sites is 1. The van der Waals surface area contributed by atoms with Crippen molar-refractivity contribution in [2.24, 2.45) is 0 Å². The van der Waals surface area contributed by atoms with Gasteiger partial charge >= 0.3 is 0 Å². The molecule has 0 atom stereocenters. The van der Waals surface area contributed by atoms with Gasteiger partial charge in [-0.1, -0.05) is 41.6 Å². The zero-order valence-electron chi connectivity index (χ0n) is 13.9. The van der Waals surface area contributed by atoms with E-state index in [2.05, 4.69) is 15.5 Å². The number of rotatable bonds is 6. The van der Waals surface area contributed by atoms with Crippen molar-refractivity contribution in [3.63, 3.8) is 0 Å². The minimum atomic E-state index is -0.324. The van der Waals surface area contributed by atoms with Crippen molar-refractivity contribution in [1.29, 1.82) is 0 Å². The van der Waals surface area contributed by atoms with E-state index < -0.39 is 0 Å². The number of carbonyl (C=O) groups is 1. The summed E-state index contributed by atoms with van der Waals surface area (Å²) in [5, 5.41) is 6.65. The Balaban J connectivity index is 1.70. The molecule has 1 heterocycles. The number of benzene rings is 2. The summed E-state index contributed by atoms with van der Waals surface area (Å²) in [5.74, 6) is 1.32. The number of methoxy groups -OCH3 is 2. The van der Waals surface area contributed by atoms with Crippen molar-refractivity contribution in [2.45, 2.75) is 6.54 Å². The third-order valence-electron chi connectivity index (χ3n) is 3.55. The molecule has 0 radical (unpaired) electrons. The Morgan fingerprint density at radius 1 is 1.08 bits per heavy atom. The molecule has 0 aliphatic carbocycles. The van der Waals surface area contributed by atoms with E-state index in [-0.39, 0.29) is 12.5 Å². The molecule has 2 aromatic carbocycles. The molecule has 1 aromatic heterocycles. The van der Waals surface area contributed by atoms with E-state index in [4.69, 9.17) is 14.0 Å². The molecule has 1 N–H and O–H groups in total. The Bertz CT molecular complexity index is 862. The second-order valence-electron chi connectivity index (χ2n) is 5.10. The van der Waals surface area contributed by atoms with Crippen LogP contribution in [0.2, 0.25) is 0 Å². The number of hydrogen-bond donors (Lipinski definition) is 1. The molecule has 0 unspecified atom stereocenters. The molecular weight excluding hydrogens is 322 g/mol. The second kappa shape index (κ2) is 7.48. The van der Waals surface area contributed by atoms with Crippen LogP contribution in [-0.2, 0) is 6.54 Å². The van der Waals surface area contributed by atoms with Gasteiger partial charge in [-0.3, -0.25) is 4.79 Å². The van der Waals surface area contributed by atoms with Gasteiger partial charge in [-0.25, -0.2) is 0 Å². The van der Waals surface area contributed by atoms with E-state index in [1.165, 1.54) is 14.2 Å². The van der Waals surface area contributed by atoms with Crippen LogP contribution < -0.4 is 14.8 Å². The molecule has 7 nitrogen and oxygen atoms in total. The van der Waals surface area contributed by atoms with Gasteiger partial charge < -0.3 is 19.3 Å². The van der Waals surface area contributed by atoms with Crippen LogP contribution in [0.4, 0.5) is 0 Å². The lowest BCUT2D eigenvalue weighted by molar-refractivity contribution is 0.0942. The Morgan fingerprint density at radius 2 is 1.88 bits per heavy atom. The van der Waals surface area contributed by atoms with Crippen LogP contribution in [0.15, 0.2) is 53.1 Å². The van der Waals surface area contributed by atoms with E-state index in [1.807, 2.05) is 30.3 Å². The lowest BCUT2D eigenvalue weighted by atomic mass is 10.1. The van der Waals surface area contributed by atoms with Crippen LogP contribution in [0.5, 0.6) is 11.5 Å². The standard InChI is InChI=1S/C18H17N3O4/c1-23-14-10-6-9-13(16(14)24-2)18(22)19-11-15-20-17(21-25-15)12-7-4-3-5-8-12/h3-10H,11H2,1-2H3,(H,19,22). The average molecular weight is 339 g/mol. The average Bonchev–Trinajstić information content (AvgIpc) is 3.15. The first-order valence-corrected chi connectivity index (χ1v) is 7.60. The zero-order chi connectivity index (χ0) is 17.6. The smallest absolute Gasteiger partial charge is 0.255 e. The highest BCUT2D eigenvalue weighted by atomic mass is 16.5. The van der Waals surface area contributed by atoms with Crippen LogP contribution in [0.1, 0.15) is 16.2 Å². The van der Waals surface area contributed by atoms with Crippen LogP contribution in [0.25, 0.3) is 11.4 Å². The number of aromatic nitrogens is 2. The van der Waals surface area contributed by atoms with Gasteiger partial charge in [0.1, 0.15) is 0 Å². The molecule has 0 saturated carbocycles. The largest absolute Gasteiger partial charge is 0.493 e. The first kappa shape index (κ1) is 16.5. The topological polar surface area (TPSA) is 86.5 Å². The summed E-state index contributed by atoms with van der Waals surface area (Å²) in [6, 6.07) is 14.6.